The van der Waals surface area contributed by atoms with Crippen LogP contribution in [0.5, 0.6) is 0 Å². The van der Waals surface area contributed by atoms with Crippen molar-refractivity contribution in [1.82, 2.24) is 9.99 Å². The molecule has 81 valence electrons. The van der Waals surface area contributed by atoms with E-state index in [1.165, 1.54) is 11.9 Å². The van der Waals surface area contributed by atoms with Gasteiger partial charge < -0.3 is 0 Å². The molecule has 1 radical (unpaired) electrons. The van der Waals surface area contributed by atoms with Crippen LogP contribution in [0, 0.1) is 6.92 Å². The molecule has 0 aliphatic heterocycles. The summed E-state index contributed by atoms with van der Waals surface area (Å²) >= 11 is 3.30. The standard InChI is InChI=1S/C10H13BrN3O/c1-4-14(8(2)15)13(3)10-6-5-9(11)7-12-10/h5-7H,1,4H2,2-3H3. The number of carbonyl (C=O) groups excluding carboxylic acids is 1. The molecule has 0 saturated heterocycles. The van der Waals surface area contributed by atoms with E-state index < -0.39 is 0 Å². The molecule has 0 atom stereocenters. The van der Waals surface area contributed by atoms with Crippen molar-refractivity contribution in [3.05, 3.63) is 29.7 Å². The SMILES string of the molecule is [CH2]CN(C(C)=O)N(C)c1ccc(Br)cn1. The van der Waals surface area contributed by atoms with Gasteiger partial charge in [-0.25, -0.2) is 4.98 Å². The summed E-state index contributed by atoms with van der Waals surface area (Å²) in [6.07, 6.45) is 1.69. The Bertz CT molecular complexity index is 339. The third kappa shape index (κ3) is 2.92. The van der Waals surface area contributed by atoms with E-state index >= 15 is 0 Å². The van der Waals surface area contributed by atoms with Gasteiger partial charge in [-0.1, -0.05) is 0 Å². The number of hydrogen-bond donors (Lipinski definition) is 0. The Balaban J connectivity index is 2.87. The van der Waals surface area contributed by atoms with Gasteiger partial charge in [-0.15, -0.1) is 0 Å². The molecule has 0 bridgehead atoms. The molecule has 5 heteroatoms. The first-order valence-corrected chi connectivity index (χ1v) is 5.28. The molecule has 0 aliphatic carbocycles. The first-order chi connectivity index (χ1) is 7.06. The summed E-state index contributed by atoms with van der Waals surface area (Å²) in [6, 6.07) is 3.70. The lowest BCUT2D eigenvalue weighted by Gasteiger charge is -2.30. The molecule has 1 heterocycles. The van der Waals surface area contributed by atoms with E-state index in [4.69, 9.17) is 0 Å². The van der Waals surface area contributed by atoms with Crippen LogP contribution in [-0.4, -0.2) is 29.5 Å². The smallest absolute Gasteiger partial charge is 0.237 e. The molecular formula is C10H13BrN3O. The minimum atomic E-state index is -0.0581. The van der Waals surface area contributed by atoms with Crippen molar-refractivity contribution in [3.63, 3.8) is 0 Å². The van der Waals surface area contributed by atoms with Crippen molar-refractivity contribution in [1.29, 1.82) is 0 Å². The Morgan fingerprint density at radius 2 is 2.27 bits per heavy atom. The number of nitrogens with zero attached hydrogens (tertiary/aromatic N) is 3. The molecule has 1 aromatic rings. The zero-order valence-electron chi connectivity index (χ0n) is 8.77. The fraction of sp³-hybridized carbons (Fsp3) is 0.300. The number of pyridine rings is 1. The van der Waals surface area contributed by atoms with Crippen molar-refractivity contribution in [3.8, 4) is 0 Å². The lowest BCUT2D eigenvalue weighted by Crippen LogP contribution is -2.43. The number of hydrazine groups is 1. The average molecular weight is 271 g/mol. The Kier molecular flexibility index (Phi) is 4.08. The lowest BCUT2D eigenvalue weighted by molar-refractivity contribution is -0.128. The van der Waals surface area contributed by atoms with E-state index in [1.807, 2.05) is 12.1 Å². The van der Waals surface area contributed by atoms with E-state index in [9.17, 15) is 4.79 Å². The third-order valence-electron chi connectivity index (χ3n) is 1.98. The number of rotatable bonds is 3. The average Bonchev–Trinajstić information content (AvgIpc) is 2.19. The predicted octanol–water partition coefficient (Wildman–Crippen LogP) is 1.88. The zero-order chi connectivity index (χ0) is 11.4. The summed E-state index contributed by atoms with van der Waals surface area (Å²) in [5.41, 5.74) is 0. The second kappa shape index (κ2) is 5.11. The molecule has 1 amide bonds. The molecular weight excluding hydrogens is 258 g/mol. The van der Waals surface area contributed by atoms with Gasteiger partial charge in [0.05, 0.1) is 0 Å². The quantitative estimate of drug-likeness (QED) is 0.787. The van der Waals surface area contributed by atoms with Gasteiger partial charge in [-0.05, 0) is 35.0 Å². The molecule has 0 fully saturated rings. The molecule has 1 aromatic heterocycles. The Hall–Kier alpha value is -1.10. The molecule has 15 heavy (non-hydrogen) atoms. The molecule has 0 unspecified atom stereocenters. The third-order valence-corrected chi connectivity index (χ3v) is 2.45. The fourth-order valence-electron chi connectivity index (χ4n) is 1.20. The predicted molar refractivity (Wildman–Crippen MR) is 63.1 cm³/mol. The summed E-state index contributed by atoms with van der Waals surface area (Å²) in [5.74, 6) is 0.647. The minimum absolute atomic E-state index is 0.0581. The van der Waals surface area contributed by atoms with E-state index in [2.05, 4.69) is 27.8 Å². The van der Waals surface area contributed by atoms with E-state index in [1.54, 1.807) is 18.3 Å². The minimum Gasteiger partial charge on any atom is -0.273 e. The summed E-state index contributed by atoms with van der Waals surface area (Å²) in [6.45, 7) is 5.58. The van der Waals surface area contributed by atoms with Crippen LogP contribution >= 0.6 is 15.9 Å². The number of halogens is 1. The number of carbonyl (C=O) groups is 1. The zero-order valence-corrected chi connectivity index (χ0v) is 10.4. The highest BCUT2D eigenvalue weighted by Crippen LogP contribution is 2.15. The maximum Gasteiger partial charge on any atom is 0.237 e. The van der Waals surface area contributed by atoms with Crippen LogP contribution in [0.1, 0.15) is 6.92 Å². The van der Waals surface area contributed by atoms with Crippen LogP contribution in [-0.2, 0) is 4.79 Å². The van der Waals surface area contributed by atoms with Crippen molar-refractivity contribution in [2.75, 3.05) is 18.6 Å². The molecule has 0 N–H and O–H groups in total. The maximum absolute atomic E-state index is 11.3. The van der Waals surface area contributed by atoms with Gasteiger partial charge in [0, 0.05) is 31.2 Å². The van der Waals surface area contributed by atoms with Crippen molar-refractivity contribution >= 4 is 27.7 Å². The monoisotopic (exact) mass is 270 g/mol. The molecule has 1 rings (SSSR count). The Morgan fingerprint density at radius 1 is 1.60 bits per heavy atom. The van der Waals surface area contributed by atoms with Gasteiger partial charge in [-0.3, -0.25) is 14.8 Å². The number of anilines is 1. The molecule has 4 nitrogen and oxygen atoms in total. The second-order valence-corrected chi connectivity index (χ2v) is 3.92. The van der Waals surface area contributed by atoms with Gasteiger partial charge in [0.1, 0.15) is 5.82 Å². The summed E-state index contributed by atoms with van der Waals surface area (Å²) in [4.78, 5) is 15.5. The van der Waals surface area contributed by atoms with Crippen LogP contribution < -0.4 is 5.01 Å². The number of amides is 1. The van der Waals surface area contributed by atoms with Crippen molar-refractivity contribution in [2.24, 2.45) is 0 Å². The highest BCUT2D eigenvalue weighted by Gasteiger charge is 2.13. The normalized spacial score (nSPS) is 9.87. The van der Waals surface area contributed by atoms with Gasteiger partial charge in [0.25, 0.3) is 0 Å². The van der Waals surface area contributed by atoms with Gasteiger partial charge in [0.2, 0.25) is 5.91 Å². The van der Waals surface area contributed by atoms with Gasteiger partial charge >= 0.3 is 0 Å². The molecule has 0 spiro atoms. The fourth-order valence-corrected chi connectivity index (χ4v) is 1.44. The van der Waals surface area contributed by atoms with Gasteiger partial charge in [-0.2, -0.15) is 0 Å². The van der Waals surface area contributed by atoms with Crippen LogP contribution in [0.25, 0.3) is 0 Å². The first-order valence-electron chi connectivity index (χ1n) is 4.48. The van der Waals surface area contributed by atoms with Crippen LogP contribution in [0.3, 0.4) is 0 Å². The lowest BCUT2D eigenvalue weighted by atomic mass is 10.4. The van der Waals surface area contributed by atoms with Crippen LogP contribution in [0.4, 0.5) is 5.82 Å². The largest absolute Gasteiger partial charge is 0.273 e. The van der Waals surface area contributed by atoms with Crippen LogP contribution in [0.2, 0.25) is 0 Å². The van der Waals surface area contributed by atoms with E-state index in [-0.39, 0.29) is 5.91 Å². The van der Waals surface area contributed by atoms with Crippen molar-refractivity contribution < 1.29 is 4.79 Å². The number of aromatic nitrogens is 1. The highest BCUT2D eigenvalue weighted by atomic mass is 79.9. The molecule has 0 aliphatic rings. The summed E-state index contributed by atoms with van der Waals surface area (Å²) in [5, 5.41) is 3.19. The maximum atomic E-state index is 11.3. The summed E-state index contributed by atoms with van der Waals surface area (Å²) < 4.78 is 0.906. The number of hydrogen-bond acceptors (Lipinski definition) is 3. The van der Waals surface area contributed by atoms with E-state index in [0.717, 1.165) is 4.47 Å². The molecule has 0 aromatic carbocycles. The topological polar surface area (TPSA) is 36.4 Å². The summed E-state index contributed by atoms with van der Waals surface area (Å²) in [7, 11) is 1.78. The first kappa shape index (κ1) is 12.0. The van der Waals surface area contributed by atoms with Crippen LogP contribution in [0.15, 0.2) is 22.8 Å². The van der Waals surface area contributed by atoms with Crippen molar-refractivity contribution in [2.45, 2.75) is 6.92 Å². The Labute approximate surface area is 98.0 Å². The second-order valence-electron chi connectivity index (χ2n) is 3.00. The van der Waals surface area contributed by atoms with Gasteiger partial charge in [0.15, 0.2) is 0 Å². The molecule has 0 saturated carbocycles. The Morgan fingerprint density at radius 3 is 2.67 bits per heavy atom. The highest BCUT2D eigenvalue weighted by molar-refractivity contribution is 9.10. The van der Waals surface area contributed by atoms with E-state index in [0.29, 0.717) is 12.4 Å².